The van der Waals surface area contributed by atoms with Gasteiger partial charge >= 0.3 is 0 Å². The minimum Gasteiger partial charge on any atom is -0.317 e. The first-order chi connectivity index (χ1) is 8.15. The van der Waals surface area contributed by atoms with E-state index in [9.17, 15) is 8.42 Å². The van der Waals surface area contributed by atoms with Crippen LogP contribution in [0.5, 0.6) is 0 Å². The maximum absolute atomic E-state index is 12.3. The monoisotopic (exact) mass is 276 g/mol. The summed E-state index contributed by atoms with van der Waals surface area (Å²) in [6.07, 6.45) is 4.06. The molecule has 1 saturated carbocycles. The van der Waals surface area contributed by atoms with E-state index in [1.165, 1.54) is 0 Å². The molecule has 18 heavy (non-hydrogen) atoms. The highest BCUT2D eigenvalue weighted by Crippen LogP contribution is 2.26. The van der Waals surface area contributed by atoms with E-state index in [0.717, 1.165) is 25.7 Å². The number of hydrogen-bond donors (Lipinski definition) is 1. The summed E-state index contributed by atoms with van der Waals surface area (Å²) in [5.74, 6) is 0.225. The molecule has 0 heterocycles. The van der Waals surface area contributed by atoms with Gasteiger partial charge in [-0.2, -0.15) is 0 Å². The fourth-order valence-corrected chi connectivity index (χ4v) is 4.57. The summed E-state index contributed by atoms with van der Waals surface area (Å²) < 4.78 is 26.2. The van der Waals surface area contributed by atoms with Gasteiger partial charge in [0, 0.05) is 19.1 Å². The van der Waals surface area contributed by atoms with Crippen LogP contribution in [0.1, 0.15) is 46.5 Å². The van der Waals surface area contributed by atoms with Crippen LogP contribution in [0.3, 0.4) is 0 Å². The van der Waals surface area contributed by atoms with Crippen LogP contribution in [0.2, 0.25) is 0 Å². The molecule has 0 spiro atoms. The Morgan fingerprint density at radius 3 is 2.06 bits per heavy atom. The van der Waals surface area contributed by atoms with Gasteiger partial charge < -0.3 is 5.32 Å². The van der Waals surface area contributed by atoms with Crippen LogP contribution in [0.15, 0.2) is 0 Å². The van der Waals surface area contributed by atoms with E-state index in [4.69, 9.17) is 0 Å². The summed E-state index contributed by atoms with van der Waals surface area (Å²) in [6, 6.07) is 0.738. The summed E-state index contributed by atoms with van der Waals surface area (Å²) in [7, 11) is 0.590. The van der Waals surface area contributed by atoms with Gasteiger partial charge in [0.05, 0.1) is 5.75 Å². The predicted octanol–water partition coefficient (Wildman–Crippen LogP) is 1.82. The first-order valence-electron chi connectivity index (χ1n) is 6.79. The highest BCUT2D eigenvalue weighted by Gasteiger charge is 2.32. The van der Waals surface area contributed by atoms with Crippen LogP contribution in [-0.4, -0.2) is 44.7 Å². The first-order valence-corrected chi connectivity index (χ1v) is 8.39. The minimum atomic E-state index is -3.13. The van der Waals surface area contributed by atoms with E-state index in [-0.39, 0.29) is 17.2 Å². The van der Waals surface area contributed by atoms with Crippen molar-refractivity contribution >= 4 is 10.0 Å². The molecule has 0 aromatic rings. The zero-order chi connectivity index (χ0) is 14.0. The van der Waals surface area contributed by atoms with Crippen LogP contribution < -0.4 is 5.32 Å². The van der Waals surface area contributed by atoms with Gasteiger partial charge in [-0.15, -0.1) is 0 Å². The number of hydrogen-bond acceptors (Lipinski definition) is 3. The van der Waals surface area contributed by atoms with Gasteiger partial charge in [-0.1, -0.05) is 20.8 Å². The van der Waals surface area contributed by atoms with Crippen molar-refractivity contribution < 1.29 is 8.42 Å². The maximum atomic E-state index is 12.3. The molecule has 0 unspecified atom stereocenters. The first kappa shape index (κ1) is 15.9. The summed E-state index contributed by atoms with van der Waals surface area (Å²) in [5, 5.41) is 3.27. The summed E-state index contributed by atoms with van der Waals surface area (Å²) >= 11 is 0. The largest absolute Gasteiger partial charge is 0.317 e. The Morgan fingerprint density at radius 2 is 1.67 bits per heavy atom. The van der Waals surface area contributed by atoms with Crippen LogP contribution in [0.25, 0.3) is 0 Å². The molecule has 0 atom stereocenters. The standard InChI is InChI=1S/C13H28N2O2S/c1-13(2,3)10-18(16,17)15(5)12-8-6-11(14-4)7-9-12/h11-12,14H,6-10H2,1-5H3. The lowest BCUT2D eigenvalue weighted by atomic mass is 9.91. The maximum Gasteiger partial charge on any atom is 0.214 e. The molecule has 5 heteroatoms. The third kappa shape index (κ3) is 4.52. The average molecular weight is 276 g/mol. The second kappa shape index (κ2) is 5.88. The summed E-state index contributed by atoms with van der Waals surface area (Å²) in [4.78, 5) is 0. The summed E-state index contributed by atoms with van der Waals surface area (Å²) in [6.45, 7) is 5.91. The smallest absolute Gasteiger partial charge is 0.214 e. The van der Waals surface area contributed by atoms with Crippen molar-refractivity contribution in [1.29, 1.82) is 0 Å². The van der Waals surface area contributed by atoms with Gasteiger partial charge in [0.2, 0.25) is 10.0 Å². The van der Waals surface area contributed by atoms with Crippen molar-refractivity contribution in [2.75, 3.05) is 19.8 Å². The third-order valence-corrected chi connectivity index (χ3v) is 6.08. The zero-order valence-corrected chi connectivity index (χ0v) is 13.2. The molecule has 1 aliphatic carbocycles. The molecule has 0 bridgehead atoms. The van der Waals surface area contributed by atoms with Crippen molar-refractivity contribution in [2.45, 2.75) is 58.5 Å². The molecule has 1 aliphatic rings. The number of rotatable bonds is 4. The third-order valence-electron chi connectivity index (χ3n) is 3.67. The molecule has 0 aromatic heterocycles. The normalized spacial score (nSPS) is 26.6. The van der Waals surface area contributed by atoms with Crippen molar-refractivity contribution in [3.63, 3.8) is 0 Å². The molecule has 0 saturated heterocycles. The molecule has 0 aliphatic heterocycles. The molecule has 4 nitrogen and oxygen atoms in total. The topological polar surface area (TPSA) is 49.4 Å². The van der Waals surface area contributed by atoms with Crippen LogP contribution in [0, 0.1) is 5.41 Å². The molecule has 108 valence electrons. The predicted molar refractivity (Wildman–Crippen MR) is 76.1 cm³/mol. The molecular formula is C13H28N2O2S. The van der Waals surface area contributed by atoms with Crippen LogP contribution in [-0.2, 0) is 10.0 Å². The molecule has 0 radical (unpaired) electrons. The van der Waals surface area contributed by atoms with E-state index < -0.39 is 10.0 Å². The Kier molecular flexibility index (Phi) is 5.21. The second-order valence-corrected chi connectivity index (χ2v) is 8.66. The van der Waals surface area contributed by atoms with E-state index in [2.05, 4.69) is 5.32 Å². The lowest BCUT2D eigenvalue weighted by molar-refractivity contribution is 0.252. The van der Waals surface area contributed by atoms with Crippen molar-refractivity contribution in [3.8, 4) is 0 Å². The van der Waals surface area contributed by atoms with Gasteiger partial charge in [0.25, 0.3) is 0 Å². The Morgan fingerprint density at radius 1 is 1.17 bits per heavy atom. The van der Waals surface area contributed by atoms with E-state index in [1.807, 2.05) is 27.8 Å². The van der Waals surface area contributed by atoms with Crippen molar-refractivity contribution in [2.24, 2.45) is 5.41 Å². The molecular weight excluding hydrogens is 248 g/mol. The Hall–Kier alpha value is -0.130. The van der Waals surface area contributed by atoms with Crippen LogP contribution in [0.4, 0.5) is 0 Å². The lowest BCUT2D eigenvalue weighted by Gasteiger charge is -2.35. The molecule has 0 aromatic carbocycles. The second-order valence-electron chi connectivity index (χ2n) is 6.63. The zero-order valence-electron chi connectivity index (χ0n) is 12.4. The van der Waals surface area contributed by atoms with Gasteiger partial charge in [-0.3, -0.25) is 0 Å². The lowest BCUT2D eigenvalue weighted by Crippen LogP contribution is -2.44. The average Bonchev–Trinajstić information content (AvgIpc) is 2.25. The Labute approximate surface area is 112 Å². The van der Waals surface area contributed by atoms with Gasteiger partial charge in [-0.25, -0.2) is 12.7 Å². The quantitative estimate of drug-likeness (QED) is 0.852. The van der Waals surface area contributed by atoms with E-state index in [1.54, 1.807) is 11.4 Å². The van der Waals surface area contributed by atoms with Crippen LogP contribution >= 0.6 is 0 Å². The molecule has 0 amide bonds. The molecule has 1 N–H and O–H groups in total. The Balaban J connectivity index is 2.62. The highest BCUT2D eigenvalue weighted by molar-refractivity contribution is 7.89. The SMILES string of the molecule is CNC1CCC(N(C)S(=O)(=O)CC(C)(C)C)CC1. The summed E-state index contributed by atoms with van der Waals surface area (Å²) in [5.41, 5.74) is -0.185. The van der Waals surface area contributed by atoms with Gasteiger partial charge in [-0.05, 0) is 38.1 Å². The highest BCUT2D eigenvalue weighted by atomic mass is 32.2. The fraction of sp³-hybridized carbons (Fsp3) is 1.00. The minimum absolute atomic E-state index is 0.182. The fourth-order valence-electron chi connectivity index (χ4n) is 2.60. The number of sulfonamides is 1. The molecule has 1 fully saturated rings. The number of nitrogens with zero attached hydrogens (tertiary/aromatic N) is 1. The van der Waals surface area contributed by atoms with E-state index in [0.29, 0.717) is 6.04 Å². The van der Waals surface area contributed by atoms with Crippen molar-refractivity contribution in [3.05, 3.63) is 0 Å². The van der Waals surface area contributed by atoms with Crippen molar-refractivity contribution in [1.82, 2.24) is 9.62 Å². The van der Waals surface area contributed by atoms with E-state index >= 15 is 0 Å². The number of nitrogens with one attached hydrogen (secondary N) is 1. The molecule has 1 rings (SSSR count). The van der Waals surface area contributed by atoms with Gasteiger partial charge in [0.1, 0.15) is 0 Å². The van der Waals surface area contributed by atoms with Gasteiger partial charge in [0.15, 0.2) is 0 Å². The Bertz CT molecular complexity index is 352.